The molecule has 3 atom stereocenters. The molecule has 0 amide bonds. The van der Waals surface area contributed by atoms with Gasteiger partial charge in [0.25, 0.3) is 0 Å². The van der Waals surface area contributed by atoms with Crippen LogP contribution >= 0.6 is 31.9 Å². The van der Waals surface area contributed by atoms with Gasteiger partial charge in [0.05, 0.1) is 6.10 Å². The van der Waals surface area contributed by atoms with Crippen LogP contribution in [0.3, 0.4) is 0 Å². The van der Waals surface area contributed by atoms with Gasteiger partial charge in [-0.3, -0.25) is 0 Å². The lowest BCUT2D eigenvalue weighted by atomic mass is 9.98. The summed E-state index contributed by atoms with van der Waals surface area (Å²) in [5.41, 5.74) is 0. The van der Waals surface area contributed by atoms with E-state index < -0.39 is 10.6 Å². The van der Waals surface area contributed by atoms with Crippen LogP contribution in [0.1, 0.15) is 39.0 Å². The molecule has 2 aliphatic rings. The fourth-order valence-corrected chi connectivity index (χ4v) is 3.39. The van der Waals surface area contributed by atoms with Crippen molar-refractivity contribution in [2.75, 3.05) is 0 Å². The number of aliphatic hydroxyl groups is 1. The summed E-state index contributed by atoms with van der Waals surface area (Å²) in [6.45, 7) is 1.88. The first-order valence-electron chi connectivity index (χ1n) is 6.76. The third-order valence-corrected chi connectivity index (χ3v) is 4.92. The summed E-state index contributed by atoms with van der Waals surface area (Å²) in [6.07, 6.45) is 10.5. The zero-order valence-electron chi connectivity index (χ0n) is 11.0. The Balaban J connectivity index is 1.87. The molecule has 0 aromatic carbocycles. The number of rotatable bonds is 4. The van der Waals surface area contributed by atoms with Crippen LogP contribution in [0.15, 0.2) is 22.7 Å². The van der Waals surface area contributed by atoms with Crippen molar-refractivity contribution < 1.29 is 14.6 Å². The molecule has 1 fully saturated rings. The average Bonchev–Trinajstić information content (AvgIpc) is 2.36. The molecule has 0 aliphatic heterocycles. The highest BCUT2D eigenvalue weighted by Crippen LogP contribution is 2.35. The van der Waals surface area contributed by atoms with E-state index in [1.54, 1.807) is 12.2 Å². The van der Waals surface area contributed by atoms with Crippen LogP contribution in [0.4, 0.5) is 0 Å². The third kappa shape index (κ3) is 4.39. The minimum absolute atomic E-state index is 0.284. The van der Waals surface area contributed by atoms with E-state index in [0.717, 1.165) is 17.3 Å². The topological polar surface area (TPSA) is 38.7 Å². The summed E-state index contributed by atoms with van der Waals surface area (Å²) in [6, 6.07) is 0. The van der Waals surface area contributed by atoms with E-state index in [2.05, 4.69) is 31.9 Å². The lowest BCUT2D eigenvalue weighted by Crippen LogP contribution is -2.41. The van der Waals surface area contributed by atoms with E-state index in [1.165, 1.54) is 19.3 Å². The fraction of sp³-hybridized carbons (Fsp3) is 0.714. The molecule has 3 unspecified atom stereocenters. The van der Waals surface area contributed by atoms with Crippen LogP contribution in [0.25, 0.3) is 0 Å². The van der Waals surface area contributed by atoms with Crippen LogP contribution in [0, 0.1) is 0 Å². The largest absolute Gasteiger partial charge is 0.385 e. The monoisotopic (exact) mass is 394 g/mol. The fourth-order valence-electron chi connectivity index (χ4n) is 2.48. The molecule has 0 aromatic rings. The summed E-state index contributed by atoms with van der Waals surface area (Å²) in [4.78, 5) is 0. The zero-order chi connectivity index (χ0) is 13.9. The lowest BCUT2D eigenvalue weighted by Gasteiger charge is -2.34. The van der Waals surface area contributed by atoms with Crippen LogP contribution < -0.4 is 0 Å². The van der Waals surface area contributed by atoms with Gasteiger partial charge in [-0.05, 0) is 53.9 Å². The predicted molar refractivity (Wildman–Crippen MR) is 82.3 cm³/mol. The molecule has 1 saturated carbocycles. The lowest BCUT2D eigenvalue weighted by molar-refractivity contribution is -0.200. The van der Waals surface area contributed by atoms with Crippen LogP contribution in [0.2, 0.25) is 0 Å². The highest BCUT2D eigenvalue weighted by molar-refractivity contribution is 9.12. The molecule has 0 saturated heterocycles. The van der Waals surface area contributed by atoms with Gasteiger partial charge in [-0.15, -0.1) is 0 Å². The summed E-state index contributed by atoms with van der Waals surface area (Å²) in [7, 11) is 0. The second-order valence-corrected chi connectivity index (χ2v) is 7.26. The van der Waals surface area contributed by atoms with Crippen molar-refractivity contribution in [2.45, 2.75) is 62.0 Å². The minimum Gasteiger partial charge on any atom is -0.385 e. The van der Waals surface area contributed by atoms with Crippen molar-refractivity contribution in [3.63, 3.8) is 0 Å². The van der Waals surface area contributed by atoms with Crippen LogP contribution in [-0.4, -0.2) is 28.1 Å². The first-order chi connectivity index (χ1) is 8.99. The number of aliphatic hydroxyl groups excluding tert-OH is 1. The SMILES string of the molecule is CC(OC1CCCCC1)OC1(Br)C=CC(Br)=CC1O. The van der Waals surface area contributed by atoms with Gasteiger partial charge in [-0.25, -0.2) is 0 Å². The summed E-state index contributed by atoms with van der Waals surface area (Å²) in [5.74, 6) is 0. The van der Waals surface area contributed by atoms with E-state index in [4.69, 9.17) is 9.47 Å². The molecule has 0 radical (unpaired) electrons. The Morgan fingerprint density at radius 2 is 2.05 bits per heavy atom. The number of allylic oxidation sites excluding steroid dienone is 2. The van der Waals surface area contributed by atoms with Crippen molar-refractivity contribution >= 4 is 31.9 Å². The molecule has 3 nitrogen and oxygen atoms in total. The highest BCUT2D eigenvalue weighted by atomic mass is 79.9. The molecule has 0 heterocycles. The van der Waals surface area contributed by atoms with E-state index in [-0.39, 0.29) is 12.4 Å². The molecule has 5 heteroatoms. The highest BCUT2D eigenvalue weighted by Gasteiger charge is 2.37. The molecule has 0 aromatic heterocycles. The third-order valence-electron chi connectivity index (χ3n) is 3.47. The predicted octanol–water partition coefficient (Wildman–Crippen LogP) is 4.00. The average molecular weight is 396 g/mol. The van der Waals surface area contributed by atoms with E-state index >= 15 is 0 Å². The summed E-state index contributed by atoms with van der Waals surface area (Å²) < 4.78 is 11.7. The van der Waals surface area contributed by atoms with Gasteiger partial charge >= 0.3 is 0 Å². The Bertz CT molecular complexity index is 364. The van der Waals surface area contributed by atoms with Gasteiger partial charge in [-0.2, -0.15) is 0 Å². The van der Waals surface area contributed by atoms with Gasteiger partial charge in [0.2, 0.25) is 0 Å². The Kier molecular flexibility index (Phi) is 5.66. The first kappa shape index (κ1) is 15.7. The molecular weight excluding hydrogens is 376 g/mol. The van der Waals surface area contributed by atoms with Crippen LogP contribution in [-0.2, 0) is 9.47 Å². The maximum Gasteiger partial charge on any atom is 0.173 e. The molecule has 108 valence electrons. The molecule has 2 rings (SSSR count). The molecule has 19 heavy (non-hydrogen) atoms. The Hall–Kier alpha value is 0.320. The Labute approximate surface area is 131 Å². The molecule has 2 aliphatic carbocycles. The van der Waals surface area contributed by atoms with Crippen molar-refractivity contribution in [1.82, 2.24) is 0 Å². The smallest absolute Gasteiger partial charge is 0.173 e. The molecule has 0 spiro atoms. The maximum atomic E-state index is 10.1. The number of hydrogen-bond donors (Lipinski definition) is 1. The maximum absolute atomic E-state index is 10.1. The zero-order valence-corrected chi connectivity index (χ0v) is 14.2. The Morgan fingerprint density at radius 3 is 2.68 bits per heavy atom. The van der Waals surface area contributed by atoms with Crippen molar-refractivity contribution in [2.24, 2.45) is 0 Å². The van der Waals surface area contributed by atoms with E-state index in [1.807, 2.05) is 13.0 Å². The van der Waals surface area contributed by atoms with Gasteiger partial charge < -0.3 is 14.6 Å². The summed E-state index contributed by atoms with van der Waals surface area (Å²) >= 11 is 6.78. The van der Waals surface area contributed by atoms with Gasteiger partial charge in [-0.1, -0.05) is 35.2 Å². The molecule has 1 N–H and O–H groups in total. The van der Waals surface area contributed by atoms with E-state index in [9.17, 15) is 5.11 Å². The summed E-state index contributed by atoms with van der Waals surface area (Å²) in [5, 5.41) is 10.1. The minimum atomic E-state index is -0.904. The normalized spacial score (nSPS) is 34.1. The van der Waals surface area contributed by atoms with Crippen molar-refractivity contribution in [1.29, 1.82) is 0 Å². The standard InChI is InChI=1S/C14H20Br2O3/c1-10(18-12-5-3-2-4-6-12)19-14(16)8-7-11(15)9-13(14)17/h7-10,12-13,17H,2-6H2,1H3. The van der Waals surface area contributed by atoms with Crippen molar-refractivity contribution in [3.8, 4) is 0 Å². The number of hydrogen-bond acceptors (Lipinski definition) is 3. The molecular formula is C14H20Br2O3. The second kappa shape index (κ2) is 6.85. The van der Waals surface area contributed by atoms with Gasteiger partial charge in [0.1, 0.15) is 6.10 Å². The second-order valence-electron chi connectivity index (χ2n) is 5.11. The van der Waals surface area contributed by atoms with Crippen molar-refractivity contribution in [3.05, 3.63) is 22.7 Å². The Morgan fingerprint density at radius 1 is 1.37 bits per heavy atom. The number of alkyl halides is 1. The first-order valence-corrected chi connectivity index (χ1v) is 8.35. The van der Waals surface area contributed by atoms with Gasteiger partial charge in [0, 0.05) is 4.48 Å². The quantitative estimate of drug-likeness (QED) is 0.577. The number of ether oxygens (including phenoxy) is 2. The van der Waals surface area contributed by atoms with Gasteiger partial charge in [0.15, 0.2) is 10.8 Å². The number of halogens is 2. The van der Waals surface area contributed by atoms with E-state index in [0.29, 0.717) is 0 Å². The van der Waals surface area contributed by atoms with Crippen LogP contribution in [0.5, 0.6) is 0 Å². The molecule has 0 bridgehead atoms.